The number of aryl methyl sites for hydroxylation is 1. The number of methoxy groups -OCH3 is 1. The van der Waals surface area contributed by atoms with Gasteiger partial charge in [-0.3, -0.25) is 9.67 Å². The second-order valence-electron chi connectivity index (χ2n) is 4.45. The summed E-state index contributed by atoms with van der Waals surface area (Å²) in [6.07, 6.45) is 1.54. The fraction of sp³-hybridized carbons (Fsp3) is 0.750. The molecule has 2 N–H and O–H groups in total. The lowest BCUT2D eigenvalue weighted by molar-refractivity contribution is 0.162. The Balaban J connectivity index is 2.22. The van der Waals surface area contributed by atoms with E-state index in [9.17, 15) is 0 Å². The zero-order valence-electron chi connectivity index (χ0n) is 12.8. The maximum Gasteiger partial charge on any atom is 0.191 e. The minimum Gasteiger partial charge on any atom is -0.383 e. The van der Waals surface area contributed by atoms with E-state index in [2.05, 4.69) is 37.7 Å². The third-order valence-corrected chi connectivity index (χ3v) is 2.91. The van der Waals surface area contributed by atoms with Crippen LogP contribution in [0.2, 0.25) is 0 Å². The lowest BCUT2D eigenvalue weighted by atomic mass is 10.5. The topological polar surface area (TPSA) is 79.6 Å². The lowest BCUT2D eigenvalue weighted by Gasteiger charge is -2.17. The van der Waals surface area contributed by atoms with Crippen molar-refractivity contribution in [3.8, 4) is 0 Å². The molecule has 8 nitrogen and oxygen atoms in total. The summed E-state index contributed by atoms with van der Waals surface area (Å²) in [7, 11) is 7.40. The van der Waals surface area contributed by atoms with Gasteiger partial charge in [-0.15, -0.1) is 0 Å². The van der Waals surface area contributed by atoms with E-state index in [1.807, 2.05) is 7.05 Å². The first-order chi connectivity index (χ1) is 9.67. The van der Waals surface area contributed by atoms with Crippen molar-refractivity contribution in [2.45, 2.75) is 6.54 Å². The molecule has 0 aliphatic rings. The summed E-state index contributed by atoms with van der Waals surface area (Å²) in [6, 6.07) is 0. The molecule has 1 rings (SSSR count). The van der Waals surface area contributed by atoms with E-state index in [1.54, 1.807) is 18.8 Å². The van der Waals surface area contributed by atoms with Gasteiger partial charge in [0.2, 0.25) is 0 Å². The van der Waals surface area contributed by atoms with E-state index >= 15 is 0 Å². The number of aliphatic imine (C=N–C) groups is 1. The van der Waals surface area contributed by atoms with Gasteiger partial charge in [-0.2, -0.15) is 5.10 Å². The van der Waals surface area contributed by atoms with Crippen LogP contribution in [-0.2, 0) is 18.3 Å². The first-order valence-electron chi connectivity index (χ1n) is 6.62. The van der Waals surface area contributed by atoms with Crippen LogP contribution >= 0.6 is 0 Å². The number of nitrogens with one attached hydrogen (secondary N) is 2. The molecule has 0 fully saturated rings. The standard InChI is InChI=1S/C12H25N7O/c1-13-12(14-5-6-18(2)7-8-20-4)15-9-11-16-10-17-19(11)3/h10H,5-9H2,1-4H3,(H2,13,14,15). The summed E-state index contributed by atoms with van der Waals surface area (Å²) >= 11 is 0. The number of nitrogens with zero attached hydrogens (tertiary/aromatic N) is 5. The predicted molar refractivity (Wildman–Crippen MR) is 78.6 cm³/mol. The van der Waals surface area contributed by atoms with Gasteiger partial charge in [-0.25, -0.2) is 4.98 Å². The van der Waals surface area contributed by atoms with E-state index < -0.39 is 0 Å². The zero-order valence-corrected chi connectivity index (χ0v) is 12.8. The maximum atomic E-state index is 5.04. The average molecular weight is 283 g/mol. The minimum atomic E-state index is 0.593. The van der Waals surface area contributed by atoms with Crippen LogP contribution in [0.4, 0.5) is 0 Å². The van der Waals surface area contributed by atoms with Crippen LogP contribution in [0.1, 0.15) is 5.82 Å². The van der Waals surface area contributed by atoms with Gasteiger partial charge < -0.3 is 20.3 Å². The molecule has 8 heteroatoms. The van der Waals surface area contributed by atoms with E-state index in [0.717, 1.165) is 38.0 Å². The minimum absolute atomic E-state index is 0.593. The first kappa shape index (κ1) is 16.4. The van der Waals surface area contributed by atoms with E-state index in [-0.39, 0.29) is 0 Å². The Hall–Kier alpha value is -1.67. The molecule has 20 heavy (non-hydrogen) atoms. The smallest absolute Gasteiger partial charge is 0.191 e. The van der Waals surface area contributed by atoms with Gasteiger partial charge in [0.15, 0.2) is 5.96 Å². The number of likely N-dealkylation sites (N-methyl/N-ethyl adjacent to an activating group) is 1. The molecular formula is C12H25N7O. The summed E-state index contributed by atoms with van der Waals surface area (Å²) in [4.78, 5) is 10.5. The lowest BCUT2D eigenvalue weighted by Crippen LogP contribution is -2.41. The molecule has 1 aromatic rings. The van der Waals surface area contributed by atoms with Crippen molar-refractivity contribution in [2.75, 3.05) is 47.4 Å². The fourth-order valence-electron chi connectivity index (χ4n) is 1.59. The molecule has 1 aromatic heterocycles. The Kier molecular flexibility index (Phi) is 7.59. The van der Waals surface area contributed by atoms with Crippen LogP contribution < -0.4 is 10.6 Å². The highest BCUT2D eigenvalue weighted by Crippen LogP contribution is 1.89. The van der Waals surface area contributed by atoms with E-state index in [1.165, 1.54) is 6.33 Å². The molecule has 0 saturated carbocycles. The molecule has 0 bridgehead atoms. The molecule has 0 aliphatic carbocycles. The van der Waals surface area contributed by atoms with Crippen molar-refractivity contribution in [2.24, 2.45) is 12.0 Å². The van der Waals surface area contributed by atoms with Crippen LogP contribution in [0, 0.1) is 0 Å². The van der Waals surface area contributed by atoms with Gasteiger partial charge in [0.05, 0.1) is 13.2 Å². The Morgan fingerprint density at radius 2 is 2.25 bits per heavy atom. The highest BCUT2D eigenvalue weighted by molar-refractivity contribution is 5.79. The summed E-state index contributed by atoms with van der Waals surface area (Å²) < 4.78 is 6.77. The van der Waals surface area contributed by atoms with Gasteiger partial charge in [0.1, 0.15) is 12.2 Å². The highest BCUT2D eigenvalue weighted by Gasteiger charge is 2.03. The average Bonchev–Trinajstić information content (AvgIpc) is 2.85. The molecule has 0 amide bonds. The Bertz CT molecular complexity index is 404. The number of ether oxygens (including phenoxy) is 1. The Labute approximate surface area is 120 Å². The third kappa shape index (κ3) is 5.98. The van der Waals surface area contributed by atoms with Gasteiger partial charge in [-0.05, 0) is 7.05 Å². The zero-order chi connectivity index (χ0) is 14.8. The molecule has 0 spiro atoms. The van der Waals surface area contributed by atoms with Gasteiger partial charge in [-0.1, -0.05) is 0 Å². The number of aromatic nitrogens is 3. The SMILES string of the molecule is CN=C(NCCN(C)CCOC)NCc1ncnn1C. The monoisotopic (exact) mass is 283 g/mol. The molecule has 0 aliphatic heterocycles. The van der Waals surface area contributed by atoms with E-state index in [0.29, 0.717) is 6.54 Å². The maximum absolute atomic E-state index is 5.04. The molecular weight excluding hydrogens is 258 g/mol. The van der Waals surface area contributed by atoms with Gasteiger partial charge in [0, 0.05) is 40.8 Å². The quantitative estimate of drug-likeness (QED) is 0.473. The molecule has 0 saturated heterocycles. The van der Waals surface area contributed by atoms with Crippen LogP contribution in [-0.4, -0.2) is 73.1 Å². The second-order valence-corrected chi connectivity index (χ2v) is 4.45. The number of hydrogen-bond acceptors (Lipinski definition) is 5. The highest BCUT2D eigenvalue weighted by atomic mass is 16.5. The number of guanidine groups is 1. The van der Waals surface area contributed by atoms with Crippen molar-refractivity contribution in [3.05, 3.63) is 12.2 Å². The third-order valence-electron chi connectivity index (χ3n) is 2.91. The van der Waals surface area contributed by atoms with Crippen molar-refractivity contribution in [1.82, 2.24) is 30.3 Å². The number of hydrogen-bond donors (Lipinski definition) is 2. The summed E-state index contributed by atoms with van der Waals surface area (Å²) in [5.74, 6) is 1.62. The number of rotatable bonds is 8. The largest absolute Gasteiger partial charge is 0.383 e. The Morgan fingerprint density at radius 1 is 1.45 bits per heavy atom. The summed E-state index contributed by atoms with van der Waals surface area (Å²) in [5.41, 5.74) is 0. The van der Waals surface area contributed by atoms with Crippen molar-refractivity contribution >= 4 is 5.96 Å². The van der Waals surface area contributed by atoms with Gasteiger partial charge >= 0.3 is 0 Å². The first-order valence-corrected chi connectivity index (χ1v) is 6.62. The van der Waals surface area contributed by atoms with Crippen molar-refractivity contribution in [3.63, 3.8) is 0 Å². The van der Waals surface area contributed by atoms with Crippen LogP contribution in [0.25, 0.3) is 0 Å². The Morgan fingerprint density at radius 3 is 2.85 bits per heavy atom. The molecule has 0 radical (unpaired) electrons. The molecule has 114 valence electrons. The van der Waals surface area contributed by atoms with E-state index in [4.69, 9.17) is 4.74 Å². The molecule has 1 heterocycles. The summed E-state index contributed by atoms with van der Waals surface area (Å²) in [5, 5.41) is 10.5. The summed E-state index contributed by atoms with van der Waals surface area (Å²) in [6.45, 7) is 4.00. The molecule has 0 atom stereocenters. The van der Waals surface area contributed by atoms with Gasteiger partial charge in [0.25, 0.3) is 0 Å². The molecule has 0 unspecified atom stereocenters. The molecule has 0 aromatic carbocycles. The van der Waals surface area contributed by atoms with Crippen LogP contribution in [0.3, 0.4) is 0 Å². The van der Waals surface area contributed by atoms with Crippen LogP contribution in [0.15, 0.2) is 11.3 Å². The normalized spacial score (nSPS) is 11.9. The van der Waals surface area contributed by atoms with Crippen molar-refractivity contribution in [1.29, 1.82) is 0 Å². The predicted octanol–water partition coefficient (Wildman–Crippen LogP) is -0.942. The fourth-order valence-corrected chi connectivity index (χ4v) is 1.59. The second kappa shape index (κ2) is 9.27. The van der Waals surface area contributed by atoms with Crippen molar-refractivity contribution < 1.29 is 4.74 Å². The van der Waals surface area contributed by atoms with Crippen LogP contribution in [0.5, 0.6) is 0 Å².